The first-order valence-electron chi connectivity index (χ1n) is 9.14. The Kier molecular flexibility index (Phi) is 5.31. The normalized spacial score (nSPS) is 17.7. The third-order valence-electron chi connectivity index (χ3n) is 4.72. The van der Waals surface area contributed by atoms with E-state index in [2.05, 4.69) is 20.4 Å². The number of hydrogen-bond donors (Lipinski definition) is 1. The van der Waals surface area contributed by atoms with Gasteiger partial charge in [0, 0.05) is 24.8 Å². The van der Waals surface area contributed by atoms with E-state index in [1.165, 1.54) is 0 Å². The summed E-state index contributed by atoms with van der Waals surface area (Å²) < 4.78 is 5.46. The quantitative estimate of drug-likeness (QED) is 0.723. The van der Waals surface area contributed by atoms with Crippen LogP contribution < -0.4 is 5.32 Å². The molecular formula is C20H22N4O2S. The molecule has 0 spiro atoms. The van der Waals surface area contributed by atoms with Crippen LogP contribution in [0, 0.1) is 12.8 Å². The molecule has 1 amide bonds. The van der Waals surface area contributed by atoms with E-state index in [1.54, 1.807) is 11.3 Å². The van der Waals surface area contributed by atoms with Crippen molar-refractivity contribution in [3.63, 3.8) is 0 Å². The maximum atomic E-state index is 12.6. The minimum absolute atomic E-state index is 0.0373. The molecule has 7 heteroatoms. The lowest BCUT2D eigenvalue weighted by Gasteiger charge is -2.31. The average molecular weight is 382 g/mol. The molecule has 6 nitrogen and oxygen atoms in total. The van der Waals surface area contributed by atoms with Crippen molar-refractivity contribution in [1.82, 2.24) is 15.0 Å². The number of nitrogens with zero attached hydrogens (tertiary/aromatic N) is 3. The molecule has 1 fully saturated rings. The molecule has 3 aromatic rings. The molecule has 1 aliphatic rings. The zero-order valence-corrected chi connectivity index (χ0v) is 16.0. The lowest BCUT2D eigenvalue weighted by molar-refractivity contribution is -0.121. The number of aryl methyl sites for hydroxylation is 1. The second-order valence-electron chi connectivity index (χ2n) is 6.89. The minimum Gasteiger partial charge on any atom is -0.355 e. The summed E-state index contributed by atoms with van der Waals surface area (Å²) in [5.74, 6) is 1.42. The SMILES string of the molecule is Cc1cccc(NC(=O)C2CCCN(Cc3cc(-c4cccs4)on3)C2)n1. The highest BCUT2D eigenvalue weighted by Gasteiger charge is 2.26. The van der Waals surface area contributed by atoms with Gasteiger partial charge in [-0.1, -0.05) is 17.3 Å². The Hall–Kier alpha value is -2.51. The Bertz CT molecular complexity index is 906. The van der Waals surface area contributed by atoms with Crippen molar-refractivity contribution < 1.29 is 9.32 Å². The van der Waals surface area contributed by atoms with Crippen molar-refractivity contribution in [2.45, 2.75) is 26.3 Å². The number of carbonyl (C=O) groups is 1. The number of carbonyl (C=O) groups excluding carboxylic acids is 1. The van der Waals surface area contributed by atoms with Crippen LogP contribution in [0.5, 0.6) is 0 Å². The number of nitrogens with one attached hydrogen (secondary N) is 1. The van der Waals surface area contributed by atoms with Gasteiger partial charge in [-0.2, -0.15) is 0 Å². The summed E-state index contributed by atoms with van der Waals surface area (Å²) in [5, 5.41) is 9.17. The maximum absolute atomic E-state index is 12.6. The molecule has 1 atom stereocenters. The smallest absolute Gasteiger partial charge is 0.229 e. The first kappa shape index (κ1) is 17.9. The van der Waals surface area contributed by atoms with Gasteiger partial charge in [0.25, 0.3) is 0 Å². The molecule has 140 valence electrons. The van der Waals surface area contributed by atoms with Crippen LogP contribution in [0.15, 0.2) is 46.3 Å². The minimum atomic E-state index is -0.0373. The summed E-state index contributed by atoms with van der Waals surface area (Å²) >= 11 is 1.64. The molecule has 1 N–H and O–H groups in total. The molecule has 4 heterocycles. The van der Waals surface area contributed by atoms with Crippen molar-refractivity contribution in [3.05, 3.63) is 53.2 Å². The van der Waals surface area contributed by atoms with E-state index in [4.69, 9.17) is 4.52 Å². The van der Waals surface area contributed by atoms with Gasteiger partial charge in [-0.3, -0.25) is 9.69 Å². The third kappa shape index (κ3) is 4.43. The van der Waals surface area contributed by atoms with E-state index in [0.29, 0.717) is 12.4 Å². The van der Waals surface area contributed by atoms with E-state index in [0.717, 1.165) is 48.0 Å². The molecule has 3 aromatic heterocycles. The molecular weight excluding hydrogens is 360 g/mol. The number of thiophene rings is 1. The van der Waals surface area contributed by atoms with Gasteiger partial charge < -0.3 is 9.84 Å². The first-order chi connectivity index (χ1) is 13.2. The Morgan fingerprint density at radius 3 is 3.11 bits per heavy atom. The van der Waals surface area contributed by atoms with Crippen molar-refractivity contribution >= 4 is 23.1 Å². The number of hydrogen-bond acceptors (Lipinski definition) is 6. The molecule has 27 heavy (non-hydrogen) atoms. The van der Waals surface area contributed by atoms with Crippen molar-refractivity contribution in [2.24, 2.45) is 5.92 Å². The van der Waals surface area contributed by atoms with Crippen LogP contribution in [0.25, 0.3) is 10.6 Å². The van der Waals surface area contributed by atoms with E-state index in [-0.39, 0.29) is 11.8 Å². The predicted octanol–water partition coefficient (Wildman–Crippen LogP) is 3.96. The van der Waals surface area contributed by atoms with Crippen LogP contribution in [-0.4, -0.2) is 34.0 Å². The van der Waals surface area contributed by atoms with Gasteiger partial charge in [0.2, 0.25) is 5.91 Å². The number of anilines is 1. The van der Waals surface area contributed by atoms with Crippen LogP contribution in [0.2, 0.25) is 0 Å². The van der Waals surface area contributed by atoms with Gasteiger partial charge in [-0.15, -0.1) is 11.3 Å². The molecule has 1 unspecified atom stereocenters. The standard InChI is InChI=1S/C20H22N4O2S/c1-14-5-2-8-19(21-14)22-20(25)15-6-3-9-24(12-15)13-16-11-17(26-23-16)18-7-4-10-27-18/h2,4-5,7-8,10-11,15H,3,6,9,12-13H2,1H3,(H,21,22,25). The first-order valence-corrected chi connectivity index (χ1v) is 10.0. The fourth-order valence-electron chi connectivity index (χ4n) is 3.40. The number of likely N-dealkylation sites (tertiary alicyclic amines) is 1. The van der Waals surface area contributed by atoms with Gasteiger partial charge in [-0.25, -0.2) is 4.98 Å². The largest absolute Gasteiger partial charge is 0.355 e. The Morgan fingerprint density at radius 2 is 2.30 bits per heavy atom. The molecule has 1 aliphatic heterocycles. The summed E-state index contributed by atoms with van der Waals surface area (Å²) in [7, 11) is 0. The molecule has 4 rings (SSSR count). The highest BCUT2D eigenvalue weighted by molar-refractivity contribution is 7.13. The summed E-state index contributed by atoms with van der Waals surface area (Å²) in [6.07, 6.45) is 1.89. The summed E-state index contributed by atoms with van der Waals surface area (Å²) in [6, 6.07) is 11.7. The summed E-state index contributed by atoms with van der Waals surface area (Å²) in [5.41, 5.74) is 1.80. The lowest BCUT2D eigenvalue weighted by Crippen LogP contribution is -2.40. The van der Waals surface area contributed by atoms with E-state index in [1.807, 2.05) is 48.7 Å². The van der Waals surface area contributed by atoms with Gasteiger partial charge in [-0.05, 0) is 49.9 Å². The van der Waals surface area contributed by atoms with Crippen LogP contribution >= 0.6 is 11.3 Å². The summed E-state index contributed by atoms with van der Waals surface area (Å²) in [4.78, 5) is 20.3. The van der Waals surface area contributed by atoms with Gasteiger partial charge in [0.05, 0.1) is 16.5 Å². The Labute approximate surface area is 162 Å². The lowest BCUT2D eigenvalue weighted by atomic mass is 9.97. The van der Waals surface area contributed by atoms with Crippen molar-refractivity contribution in [2.75, 3.05) is 18.4 Å². The maximum Gasteiger partial charge on any atom is 0.229 e. The van der Waals surface area contributed by atoms with E-state index < -0.39 is 0 Å². The highest BCUT2D eigenvalue weighted by Crippen LogP contribution is 2.26. The van der Waals surface area contributed by atoms with E-state index in [9.17, 15) is 4.79 Å². The molecule has 0 saturated carbocycles. The predicted molar refractivity (Wildman–Crippen MR) is 105 cm³/mol. The monoisotopic (exact) mass is 382 g/mol. The molecule has 0 aromatic carbocycles. The van der Waals surface area contributed by atoms with Crippen molar-refractivity contribution in [3.8, 4) is 10.6 Å². The van der Waals surface area contributed by atoms with Gasteiger partial charge in [0.15, 0.2) is 5.76 Å². The number of amides is 1. The fourth-order valence-corrected chi connectivity index (χ4v) is 4.08. The topological polar surface area (TPSA) is 71.3 Å². The third-order valence-corrected chi connectivity index (χ3v) is 5.61. The molecule has 0 radical (unpaired) electrons. The second kappa shape index (κ2) is 8.02. The Morgan fingerprint density at radius 1 is 1.37 bits per heavy atom. The van der Waals surface area contributed by atoms with Crippen LogP contribution in [0.4, 0.5) is 5.82 Å². The van der Waals surface area contributed by atoms with E-state index >= 15 is 0 Å². The highest BCUT2D eigenvalue weighted by atomic mass is 32.1. The van der Waals surface area contributed by atoms with Crippen molar-refractivity contribution in [1.29, 1.82) is 0 Å². The zero-order valence-electron chi connectivity index (χ0n) is 15.2. The molecule has 0 bridgehead atoms. The molecule has 0 aliphatic carbocycles. The van der Waals surface area contributed by atoms with Crippen LogP contribution in [0.3, 0.4) is 0 Å². The number of pyridine rings is 1. The van der Waals surface area contributed by atoms with Crippen LogP contribution in [-0.2, 0) is 11.3 Å². The number of rotatable bonds is 5. The summed E-state index contributed by atoms with van der Waals surface area (Å²) in [6.45, 7) is 4.30. The number of aromatic nitrogens is 2. The van der Waals surface area contributed by atoms with Gasteiger partial charge >= 0.3 is 0 Å². The number of piperidine rings is 1. The van der Waals surface area contributed by atoms with Gasteiger partial charge in [0.1, 0.15) is 5.82 Å². The fraction of sp³-hybridized carbons (Fsp3) is 0.350. The van der Waals surface area contributed by atoms with Crippen LogP contribution in [0.1, 0.15) is 24.2 Å². The second-order valence-corrected chi connectivity index (χ2v) is 7.84. The average Bonchev–Trinajstić information content (AvgIpc) is 3.33. The zero-order chi connectivity index (χ0) is 18.6. The Balaban J connectivity index is 1.36. The molecule has 1 saturated heterocycles.